The summed E-state index contributed by atoms with van der Waals surface area (Å²) in [4.78, 5) is 28.1. The predicted octanol–water partition coefficient (Wildman–Crippen LogP) is 2.44. The van der Waals surface area contributed by atoms with E-state index in [1.165, 1.54) is 11.8 Å². The lowest BCUT2D eigenvalue weighted by Gasteiger charge is -2.22. The first-order chi connectivity index (χ1) is 10.1. The third-order valence-corrected chi connectivity index (χ3v) is 4.44. The third kappa shape index (κ3) is 4.74. The van der Waals surface area contributed by atoms with Gasteiger partial charge in [0.25, 0.3) is 0 Å². The van der Waals surface area contributed by atoms with Gasteiger partial charge in [-0.2, -0.15) is 0 Å². The van der Waals surface area contributed by atoms with E-state index in [2.05, 4.69) is 29.5 Å². The summed E-state index contributed by atoms with van der Waals surface area (Å²) in [6.45, 7) is 5.00. The number of carbonyl (C=O) groups is 2. The second-order valence-corrected chi connectivity index (χ2v) is 6.73. The Labute approximate surface area is 129 Å². The van der Waals surface area contributed by atoms with Crippen LogP contribution in [0.1, 0.15) is 33.1 Å². The minimum absolute atomic E-state index is 0.0780. The molecule has 114 valence electrons. The summed E-state index contributed by atoms with van der Waals surface area (Å²) in [5.41, 5.74) is 0.723. The Balaban J connectivity index is 1.80. The van der Waals surface area contributed by atoms with E-state index in [1.54, 1.807) is 12.3 Å². The number of carbonyl (C=O) groups excluding carboxylic acids is 2. The zero-order valence-electron chi connectivity index (χ0n) is 12.4. The number of pyridine rings is 1. The maximum Gasteiger partial charge on any atom is 0.238 e. The Morgan fingerprint density at radius 3 is 3.10 bits per heavy atom. The number of fused-ring (bicyclic) bond motifs is 1. The van der Waals surface area contributed by atoms with Crippen molar-refractivity contribution >= 4 is 29.3 Å². The van der Waals surface area contributed by atoms with E-state index in [-0.39, 0.29) is 18.2 Å². The summed E-state index contributed by atoms with van der Waals surface area (Å²) in [5, 5.41) is 6.04. The molecule has 2 heterocycles. The van der Waals surface area contributed by atoms with Crippen molar-refractivity contribution in [3.05, 3.63) is 18.3 Å². The van der Waals surface area contributed by atoms with Gasteiger partial charge in [-0.3, -0.25) is 9.59 Å². The number of hydrogen-bond acceptors (Lipinski definition) is 4. The SMILES string of the molecule is CC(C)CCCNC(=O)CC1Sc2ncccc2NC1=O. The lowest BCUT2D eigenvalue weighted by molar-refractivity contribution is -0.124. The average molecular weight is 307 g/mol. The first-order valence-corrected chi connectivity index (χ1v) is 8.13. The molecule has 2 N–H and O–H groups in total. The Bertz CT molecular complexity index is 519. The highest BCUT2D eigenvalue weighted by Gasteiger charge is 2.29. The first kappa shape index (κ1) is 15.8. The fraction of sp³-hybridized carbons (Fsp3) is 0.533. The topological polar surface area (TPSA) is 71.1 Å². The van der Waals surface area contributed by atoms with Crippen molar-refractivity contribution in [2.24, 2.45) is 5.92 Å². The maximum atomic E-state index is 12.0. The summed E-state index contributed by atoms with van der Waals surface area (Å²) < 4.78 is 0. The highest BCUT2D eigenvalue weighted by atomic mass is 32.2. The summed E-state index contributed by atoms with van der Waals surface area (Å²) in [7, 11) is 0. The van der Waals surface area contributed by atoms with Crippen LogP contribution in [0.4, 0.5) is 5.69 Å². The molecule has 0 spiro atoms. The van der Waals surface area contributed by atoms with Crippen molar-refractivity contribution in [3.8, 4) is 0 Å². The number of rotatable bonds is 6. The molecular formula is C15H21N3O2S. The monoisotopic (exact) mass is 307 g/mol. The molecule has 21 heavy (non-hydrogen) atoms. The highest BCUT2D eigenvalue weighted by molar-refractivity contribution is 8.00. The van der Waals surface area contributed by atoms with Crippen LogP contribution in [0.25, 0.3) is 0 Å². The predicted molar refractivity (Wildman–Crippen MR) is 84.2 cm³/mol. The molecule has 1 atom stereocenters. The van der Waals surface area contributed by atoms with Crippen LogP contribution in [-0.4, -0.2) is 28.6 Å². The van der Waals surface area contributed by atoms with Crippen LogP contribution in [0.15, 0.2) is 23.4 Å². The van der Waals surface area contributed by atoms with Crippen LogP contribution < -0.4 is 10.6 Å². The Morgan fingerprint density at radius 2 is 2.33 bits per heavy atom. The third-order valence-electron chi connectivity index (χ3n) is 3.23. The van der Waals surface area contributed by atoms with Crippen LogP contribution in [0, 0.1) is 5.92 Å². The lowest BCUT2D eigenvalue weighted by Crippen LogP contribution is -2.35. The molecule has 1 aromatic rings. The van der Waals surface area contributed by atoms with Crippen LogP contribution in [0.3, 0.4) is 0 Å². The van der Waals surface area contributed by atoms with Crippen molar-refractivity contribution in [2.75, 3.05) is 11.9 Å². The van der Waals surface area contributed by atoms with Gasteiger partial charge in [0.05, 0.1) is 10.9 Å². The highest BCUT2D eigenvalue weighted by Crippen LogP contribution is 2.34. The molecule has 2 rings (SSSR count). The standard InChI is InChI=1S/C15H21N3O2S/c1-10(2)5-3-7-16-13(19)9-12-14(20)18-11-6-4-8-17-15(11)21-12/h4,6,8,10,12H,3,5,7,9H2,1-2H3,(H,16,19)(H,18,20). The molecule has 1 aromatic heterocycles. The van der Waals surface area contributed by atoms with Crippen LogP contribution in [-0.2, 0) is 9.59 Å². The molecule has 0 bridgehead atoms. The Morgan fingerprint density at radius 1 is 1.52 bits per heavy atom. The molecule has 1 unspecified atom stereocenters. The molecule has 1 aliphatic rings. The van der Waals surface area contributed by atoms with Gasteiger partial charge in [0.1, 0.15) is 5.03 Å². The fourth-order valence-electron chi connectivity index (χ4n) is 2.09. The normalized spacial score (nSPS) is 17.3. The van der Waals surface area contributed by atoms with Crippen LogP contribution >= 0.6 is 11.8 Å². The van der Waals surface area contributed by atoms with Crippen molar-refractivity contribution in [1.29, 1.82) is 0 Å². The first-order valence-electron chi connectivity index (χ1n) is 7.25. The van der Waals surface area contributed by atoms with Gasteiger partial charge in [0.2, 0.25) is 11.8 Å². The van der Waals surface area contributed by atoms with Gasteiger partial charge in [0.15, 0.2) is 0 Å². The second kappa shape index (κ2) is 7.45. The second-order valence-electron chi connectivity index (χ2n) is 5.54. The molecule has 1 aliphatic heterocycles. The number of hydrogen-bond donors (Lipinski definition) is 2. The number of aromatic nitrogens is 1. The van der Waals surface area contributed by atoms with Gasteiger partial charge >= 0.3 is 0 Å². The molecule has 0 aliphatic carbocycles. The summed E-state index contributed by atoms with van der Waals surface area (Å²) in [5.74, 6) is 0.438. The van der Waals surface area contributed by atoms with Gasteiger partial charge < -0.3 is 10.6 Å². The number of amides is 2. The molecular weight excluding hydrogens is 286 g/mol. The van der Waals surface area contributed by atoms with E-state index in [4.69, 9.17) is 0 Å². The fourth-order valence-corrected chi connectivity index (χ4v) is 3.13. The number of nitrogens with zero attached hydrogens (tertiary/aromatic N) is 1. The average Bonchev–Trinajstić information content (AvgIpc) is 2.44. The van der Waals surface area contributed by atoms with E-state index in [9.17, 15) is 9.59 Å². The zero-order valence-corrected chi connectivity index (χ0v) is 13.2. The molecule has 0 saturated heterocycles. The number of anilines is 1. The minimum atomic E-state index is -0.405. The minimum Gasteiger partial charge on any atom is -0.356 e. The zero-order chi connectivity index (χ0) is 15.2. The molecule has 0 saturated carbocycles. The van der Waals surface area contributed by atoms with Crippen molar-refractivity contribution in [3.63, 3.8) is 0 Å². The van der Waals surface area contributed by atoms with E-state index >= 15 is 0 Å². The molecule has 6 heteroatoms. The molecule has 0 aromatic carbocycles. The summed E-state index contributed by atoms with van der Waals surface area (Å²) >= 11 is 1.35. The largest absolute Gasteiger partial charge is 0.356 e. The van der Waals surface area contributed by atoms with E-state index in [0.717, 1.165) is 23.6 Å². The van der Waals surface area contributed by atoms with Crippen molar-refractivity contribution in [2.45, 2.75) is 43.4 Å². The quantitative estimate of drug-likeness (QED) is 0.792. The van der Waals surface area contributed by atoms with Crippen LogP contribution in [0.2, 0.25) is 0 Å². The van der Waals surface area contributed by atoms with E-state index in [1.807, 2.05) is 6.07 Å². The van der Waals surface area contributed by atoms with Crippen molar-refractivity contribution in [1.82, 2.24) is 10.3 Å². The molecule has 5 nitrogen and oxygen atoms in total. The molecule has 2 amide bonds. The Hall–Kier alpha value is -1.56. The van der Waals surface area contributed by atoms with E-state index in [0.29, 0.717) is 12.5 Å². The smallest absolute Gasteiger partial charge is 0.238 e. The van der Waals surface area contributed by atoms with E-state index < -0.39 is 5.25 Å². The Kier molecular flexibility index (Phi) is 5.61. The molecule has 0 radical (unpaired) electrons. The molecule has 0 fully saturated rings. The van der Waals surface area contributed by atoms with Gasteiger partial charge in [-0.05, 0) is 30.9 Å². The summed E-state index contributed by atoms with van der Waals surface area (Å²) in [6.07, 6.45) is 3.94. The van der Waals surface area contributed by atoms with Crippen molar-refractivity contribution < 1.29 is 9.59 Å². The van der Waals surface area contributed by atoms with Crippen LogP contribution in [0.5, 0.6) is 0 Å². The maximum absolute atomic E-state index is 12.0. The van der Waals surface area contributed by atoms with Gasteiger partial charge in [-0.1, -0.05) is 25.6 Å². The summed E-state index contributed by atoms with van der Waals surface area (Å²) in [6, 6.07) is 3.59. The number of thioether (sulfide) groups is 1. The number of nitrogens with one attached hydrogen (secondary N) is 2. The van der Waals surface area contributed by atoms with Gasteiger partial charge in [-0.25, -0.2) is 4.98 Å². The lowest BCUT2D eigenvalue weighted by atomic mass is 10.1. The van der Waals surface area contributed by atoms with Gasteiger partial charge in [0, 0.05) is 19.2 Å². The van der Waals surface area contributed by atoms with Gasteiger partial charge in [-0.15, -0.1) is 0 Å².